The molecule has 4 saturated carbocycles. The molecule has 3 atom stereocenters. The summed E-state index contributed by atoms with van der Waals surface area (Å²) in [5.74, 6) is 4.03. The maximum absolute atomic E-state index is 2.54. The van der Waals surface area contributed by atoms with E-state index < -0.39 is 0 Å². The molecule has 1 aromatic carbocycles. The Labute approximate surface area is 104 Å². The maximum atomic E-state index is 2.54. The monoisotopic (exact) mass is 226 g/mol. The summed E-state index contributed by atoms with van der Waals surface area (Å²) in [7, 11) is 0. The summed E-state index contributed by atoms with van der Waals surface area (Å²) in [5, 5.41) is 0. The molecule has 4 aliphatic carbocycles. The van der Waals surface area contributed by atoms with Crippen molar-refractivity contribution in [1.82, 2.24) is 0 Å². The normalized spacial score (nSPS) is 47.4. The van der Waals surface area contributed by atoms with Gasteiger partial charge in [0.25, 0.3) is 0 Å². The summed E-state index contributed by atoms with van der Waals surface area (Å²) >= 11 is 0. The minimum absolute atomic E-state index is 0.552. The second kappa shape index (κ2) is 3.37. The van der Waals surface area contributed by atoms with E-state index in [1.165, 1.54) is 32.1 Å². The Balaban J connectivity index is 1.81. The summed E-state index contributed by atoms with van der Waals surface area (Å²) in [4.78, 5) is 0. The Morgan fingerprint density at radius 2 is 1.59 bits per heavy atom. The first-order valence-electron chi connectivity index (χ1n) is 7.33. The molecule has 4 aliphatic rings. The molecule has 0 heteroatoms. The lowest BCUT2D eigenvalue weighted by molar-refractivity contribution is -0.0537. The minimum atomic E-state index is 0.552. The minimum Gasteiger partial charge on any atom is -0.0622 e. The lowest BCUT2D eigenvalue weighted by Gasteiger charge is -2.61. The smallest absolute Gasteiger partial charge is 0.00135 e. The average molecular weight is 226 g/mol. The van der Waals surface area contributed by atoms with E-state index in [1.54, 1.807) is 5.56 Å². The van der Waals surface area contributed by atoms with Gasteiger partial charge in [-0.2, -0.15) is 0 Å². The van der Waals surface area contributed by atoms with Crippen molar-refractivity contribution in [2.24, 2.45) is 23.7 Å². The number of hydrogen-bond acceptors (Lipinski definition) is 0. The SMILES string of the molecule is CC1C2CC3CC(C2)CC1(c1ccccc1)C3. The molecule has 0 aliphatic heterocycles. The van der Waals surface area contributed by atoms with E-state index in [0.29, 0.717) is 5.41 Å². The first kappa shape index (κ1) is 10.2. The predicted molar refractivity (Wildman–Crippen MR) is 70.8 cm³/mol. The first-order valence-corrected chi connectivity index (χ1v) is 7.33. The molecule has 0 radical (unpaired) electrons. The van der Waals surface area contributed by atoms with Crippen LogP contribution < -0.4 is 0 Å². The largest absolute Gasteiger partial charge is 0.0622 e. The van der Waals surface area contributed by atoms with E-state index in [9.17, 15) is 0 Å². The molecule has 90 valence electrons. The Hall–Kier alpha value is -0.780. The highest BCUT2D eigenvalue weighted by Crippen LogP contribution is 2.63. The van der Waals surface area contributed by atoms with Crippen LogP contribution in [-0.2, 0) is 5.41 Å². The van der Waals surface area contributed by atoms with Gasteiger partial charge in [0.2, 0.25) is 0 Å². The van der Waals surface area contributed by atoms with E-state index in [4.69, 9.17) is 0 Å². The van der Waals surface area contributed by atoms with Crippen LogP contribution in [0.1, 0.15) is 44.6 Å². The quantitative estimate of drug-likeness (QED) is 0.666. The zero-order chi connectivity index (χ0) is 11.5. The molecule has 1 aromatic rings. The molecule has 0 aromatic heterocycles. The fraction of sp³-hybridized carbons (Fsp3) is 0.647. The van der Waals surface area contributed by atoms with Gasteiger partial charge in [0.05, 0.1) is 0 Å². The van der Waals surface area contributed by atoms with Gasteiger partial charge >= 0.3 is 0 Å². The third kappa shape index (κ3) is 1.30. The summed E-state index contributed by atoms with van der Waals surface area (Å²) in [6, 6.07) is 11.4. The molecule has 0 heterocycles. The van der Waals surface area contributed by atoms with E-state index in [0.717, 1.165) is 23.7 Å². The molecule has 4 bridgehead atoms. The second-order valence-corrected chi connectivity index (χ2v) is 6.92. The maximum Gasteiger partial charge on any atom is -0.00135 e. The molecule has 0 spiro atoms. The van der Waals surface area contributed by atoms with Gasteiger partial charge in [0.15, 0.2) is 0 Å². The van der Waals surface area contributed by atoms with Gasteiger partial charge in [-0.05, 0) is 66.8 Å². The predicted octanol–water partition coefficient (Wildman–Crippen LogP) is 4.40. The fourth-order valence-corrected chi connectivity index (χ4v) is 5.56. The third-order valence-electron chi connectivity index (χ3n) is 6.17. The van der Waals surface area contributed by atoms with Crippen molar-refractivity contribution in [3.8, 4) is 0 Å². The highest BCUT2D eigenvalue weighted by atomic mass is 14.6. The molecular weight excluding hydrogens is 204 g/mol. The van der Waals surface area contributed by atoms with Crippen molar-refractivity contribution in [2.75, 3.05) is 0 Å². The van der Waals surface area contributed by atoms with Crippen molar-refractivity contribution in [3.63, 3.8) is 0 Å². The van der Waals surface area contributed by atoms with Crippen molar-refractivity contribution < 1.29 is 0 Å². The van der Waals surface area contributed by atoms with Crippen LogP contribution in [0.4, 0.5) is 0 Å². The number of benzene rings is 1. The fourth-order valence-electron chi connectivity index (χ4n) is 5.56. The molecule has 4 fully saturated rings. The van der Waals surface area contributed by atoms with Crippen LogP contribution in [0, 0.1) is 23.7 Å². The van der Waals surface area contributed by atoms with E-state index in [-0.39, 0.29) is 0 Å². The zero-order valence-corrected chi connectivity index (χ0v) is 10.7. The lowest BCUT2D eigenvalue weighted by Crippen LogP contribution is -2.54. The Morgan fingerprint density at radius 1 is 0.941 bits per heavy atom. The molecule has 0 saturated heterocycles. The van der Waals surface area contributed by atoms with E-state index >= 15 is 0 Å². The highest BCUT2D eigenvalue weighted by Gasteiger charge is 2.55. The second-order valence-electron chi connectivity index (χ2n) is 6.92. The molecule has 3 unspecified atom stereocenters. The summed E-state index contributed by atoms with van der Waals surface area (Å²) in [5.41, 5.74) is 2.20. The van der Waals surface area contributed by atoms with E-state index in [1.807, 2.05) is 0 Å². The highest BCUT2D eigenvalue weighted by molar-refractivity contribution is 5.30. The van der Waals surface area contributed by atoms with Crippen molar-refractivity contribution in [3.05, 3.63) is 35.9 Å². The van der Waals surface area contributed by atoms with Crippen LogP contribution in [-0.4, -0.2) is 0 Å². The molecular formula is C17H22. The van der Waals surface area contributed by atoms with Crippen molar-refractivity contribution in [1.29, 1.82) is 0 Å². The van der Waals surface area contributed by atoms with Gasteiger partial charge in [-0.1, -0.05) is 37.3 Å². The van der Waals surface area contributed by atoms with Gasteiger partial charge in [-0.15, -0.1) is 0 Å². The Bertz CT molecular complexity index is 405. The van der Waals surface area contributed by atoms with E-state index in [2.05, 4.69) is 37.3 Å². The van der Waals surface area contributed by atoms with Crippen LogP contribution in [0.25, 0.3) is 0 Å². The topological polar surface area (TPSA) is 0 Å². The zero-order valence-electron chi connectivity index (χ0n) is 10.7. The molecule has 5 rings (SSSR count). The number of rotatable bonds is 1. The van der Waals surface area contributed by atoms with Gasteiger partial charge < -0.3 is 0 Å². The van der Waals surface area contributed by atoms with Crippen LogP contribution in [0.2, 0.25) is 0 Å². The molecule has 0 amide bonds. The number of hydrogen-bond donors (Lipinski definition) is 0. The summed E-state index contributed by atoms with van der Waals surface area (Å²) in [6.45, 7) is 2.54. The molecule has 0 N–H and O–H groups in total. The van der Waals surface area contributed by atoms with Crippen molar-refractivity contribution >= 4 is 0 Å². The van der Waals surface area contributed by atoms with Gasteiger partial charge in [-0.25, -0.2) is 0 Å². The lowest BCUT2D eigenvalue weighted by atomic mass is 9.44. The van der Waals surface area contributed by atoms with Gasteiger partial charge in [0, 0.05) is 0 Å². The van der Waals surface area contributed by atoms with Gasteiger partial charge in [0.1, 0.15) is 0 Å². The first-order chi connectivity index (χ1) is 8.28. The average Bonchev–Trinajstić information content (AvgIpc) is 2.36. The standard InChI is InChI=1S/C17H22/c1-12-15-8-13-7-14(9-15)11-17(12,10-13)16-5-3-2-4-6-16/h2-6,12-15H,7-11H2,1H3. The summed E-state index contributed by atoms with van der Waals surface area (Å²) in [6.07, 6.45) is 7.56. The molecule has 0 nitrogen and oxygen atoms in total. The van der Waals surface area contributed by atoms with Crippen LogP contribution in [0.15, 0.2) is 30.3 Å². The van der Waals surface area contributed by atoms with Crippen LogP contribution >= 0.6 is 0 Å². The van der Waals surface area contributed by atoms with Gasteiger partial charge in [-0.3, -0.25) is 0 Å². The molecule has 17 heavy (non-hydrogen) atoms. The Kier molecular flexibility index (Phi) is 2.02. The van der Waals surface area contributed by atoms with Crippen molar-refractivity contribution in [2.45, 2.75) is 44.4 Å². The van der Waals surface area contributed by atoms with Crippen LogP contribution in [0.5, 0.6) is 0 Å². The Morgan fingerprint density at radius 3 is 2.24 bits per heavy atom. The summed E-state index contributed by atoms with van der Waals surface area (Å²) < 4.78 is 0. The third-order valence-corrected chi connectivity index (χ3v) is 6.17. The van der Waals surface area contributed by atoms with Crippen LogP contribution in [0.3, 0.4) is 0 Å².